The molecule has 0 bridgehead atoms. The second-order valence-electron chi connectivity index (χ2n) is 3.82. The number of rotatable bonds is 0. The van der Waals surface area contributed by atoms with Gasteiger partial charge in [-0.1, -0.05) is 29.3 Å². The number of aromatic hydroxyl groups is 2. The Morgan fingerprint density at radius 3 is 2.00 bits per heavy atom. The van der Waals surface area contributed by atoms with Crippen LogP contribution in [0.4, 0.5) is 11.4 Å². The lowest BCUT2D eigenvalue weighted by Gasteiger charge is -1.99. The summed E-state index contributed by atoms with van der Waals surface area (Å²) in [6.45, 7) is 1.78. The van der Waals surface area contributed by atoms with Gasteiger partial charge in [-0.05, 0) is 25.1 Å². The van der Waals surface area contributed by atoms with Crippen molar-refractivity contribution < 1.29 is 10.2 Å². The van der Waals surface area contributed by atoms with Gasteiger partial charge in [0.05, 0.1) is 15.7 Å². The minimum Gasteiger partial charge on any atom is -0.508 e. The predicted octanol–water partition coefficient (Wildman–Crippen LogP) is 3.56. The van der Waals surface area contributed by atoms with E-state index in [-0.39, 0.29) is 16.5 Å². The molecule has 0 heterocycles. The van der Waals surface area contributed by atoms with E-state index in [1.165, 1.54) is 12.1 Å². The van der Waals surface area contributed by atoms with Gasteiger partial charge >= 0.3 is 0 Å². The quantitative estimate of drug-likeness (QED) is 0.560. The molecule has 0 aliphatic rings. The molecule has 0 amide bonds. The largest absolute Gasteiger partial charge is 0.508 e. The van der Waals surface area contributed by atoms with E-state index < -0.39 is 0 Å². The van der Waals surface area contributed by atoms with E-state index in [0.717, 1.165) is 5.56 Å². The summed E-state index contributed by atoms with van der Waals surface area (Å²) in [5, 5.41) is 18.5. The van der Waals surface area contributed by atoms with E-state index >= 15 is 0 Å². The Bertz CT molecular complexity index is 519. The van der Waals surface area contributed by atoms with Gasteiger partial charge in [-0.15, -0.1) is 0 Å². The van der Waals surface area contributed by atoms with Gasteiger partial charge in [-0.25, -0.2) is 0 Å². The monoisotopic (exact) mass is 300 g/mol. The van der Waals surface area contributed by atoms with Crippen molar-refractivity contribution in [3.8, 4) is 11.5 Å². The van der Waals surface area contributed by atoms with E-state index in [1.807, 2.05) is 0 Å². The minimum atomic E-state index is -0.0523. The number of hydrogen-bond acceptors (Lipinski definition) is 4. The molecular weight excluding hydrogens is 287 g/mol. The van der Waals surface area contributed by atoms with E-state index in [4.69, 9.17) is 44.9 Å². The fourth-order valence-electron chi connectivity index (χ4n) is 1.19. The molecule has 6 heteroatoms. The van der Waals surface area contributed by atoms with Gasteiger partial charge in [0.25, 0.3) is 0 Å². The summed E-state index contributed by atoms with van der Waals surface area (Å²) in [7, 11) is 0. The zero-order valence-corrected chi connectivity index (χ0v) is 11.7. The second kappa shape index (κ2) is 6.41. The first-order valence-electron chi connectivity index (χ1n) is 5.30. The van der Waals surface area contributed by atoms with Crippen molar-refractivity contribution in [2.45, 2.75) is 6.92 Å². The smallest absolute Gasteiger partial charge is 0.136 e. The topological polar surface area (TPSA) is 92.5 Å². The highest BCUT2D eigenvalue weighted by Gasteiger charge is 2.01. The number of phenolic OH excluding ortho intramolecular Hbond substituents is 2. The molecule has 19 heavy (non-hydrogen) atoms. The number of phenols is 2. The predicted molar refractivity (Wildman–Crippen MR) is 79.8 cm³/mol. The van der Waals surface area contributed by atoms with Gasteiger partial charge < -0.3 is 21.7 Å². The lowest BCUT2D eigenvalue weighted by molar-refractivity contribution is 0.471. The molecule has 0 aromatic heterocycles. The Hall–Kier alpha value is -1.78. The molecule has 102 valence electrons. The first kappa shape index (κ1) is 15.3. The molecule has 0 aliphatic carbocycles. The molecular formula is C13H14Cl2N2O2. The Labute approximate surface area is 121 Å². The number of halogens is 2. The van der Waals surface area contributed by atoms with Crippen LogP contribution in [0.1, 0.15) is 5.56 Å². The number of benzene rings is 2. The average Bonchev–Trinajstić information content (AvgIpc) is 2.34. The molecule has 0 saturated carbocycles. The van der Waals surface area contributed by atoms with Crippen molar-refractivity contribution in [2.75, 3.05) is 11.5 Å². The number of nitrogen functional groups attached to an aromatic ring is 2. The van der Waals surface area contributed by atoms with E-state index in [2.05, 4.69) is 0 Å². The maximum atomic E-state index is 9.02. The first-order chi connectivity index (χ1) is 8.82. The maximum Gasteiger partial charge on any atom is 0.136 e. The fourth-order valence-corrected chi connectivity index (χ4v) is 1.58. The molecule has 4 nitrogen and oxygen atoms in total. The first-order valence-corrected chi connectivity index (χ1v) is 6.06. The normalized spacial score (nSPS) is 9.63. The van der Waals surface area contributed by atoms with Crippen molar-refractivity contribution in [3.63, 3.8) is 0 Å². The van der Waals surface area contributed by atoms with Crippen LogP contribution in [0, 0.1) is 6.92 Å². The van der Waals surface area contributed by atoms with Gasteiger partial charge in [0.15, 0.2) is 0 Å². The molecule has 0 radical (unpaired) electrons. The minimum absolute atomic E-state index is 0.0523. The summed E-state index contributed by atoms with van der Waals surface area (Å²) in [5.41, 5.74) is 12.5. The molecule has 2 aromatic carbocycles. The van der Waals surface area contributed by atoms with Crippen molar-refractivity contribution in [3.05, 3.63) is 45.9 Å². The maximum absolute atomic E-state index is 9.02. The molecule has 2 rings (SSSR count). The summed E-state index contributed by atoms with van der Waals surface area (Å²) in [6, 6.07) is 7.80. The molecule has 6 N–H and O–H groups in total. The van der Waals surface area contributed by atoms with Crippen LogP contribution in [-0.2, 0) is 0 Å². The zero-order chi connectivity index (χ0) is 14.6. The van der Waals surface area contributed by atoms with Crippen LogP contribution in [0.5, 0.6) is 11.5 Å². The summed E-state index contributed by atoms with van der Waals surface area (Å²) in [4.78, 5) is 0. The average molecular weight is 301 g/mol. The number of anilines is 2. The summed E-state index contributed by atoms with van der Waals surface area (Å²) in [6.07, 6.45) is 0. The van der Waals surface area contributed by atoms with Gasteiger partial charge in [0, 0.05) is 17.3 Å². The molecule has 0 aliphatic heterocycles. The van der Waals surface area contributed by atoms with Crippen LogP contribution in [0.3, 0.4) is 0 Å². The van der Waals surface area contributed by atoms with E-state index in [0.29, 0.717) is 16.4 Å². The standard InChI is InChI=1S/C7H9NO.C6H5Cl2NO/c1-5-6(8)3-2-4-7(5)9;7-3-1-4(8)6(10)2-5(3)9/h2-4,9H,8H2,1H3;1-2,10H,9H2. The molecule has 2 aromatic rings. The summed E-state index contributed by atoms with van der Waals surface area (Å²) < 4.78 is 0. The van der Waals surface area contributed by atoms with Crippen molar-refractivity contribution >= 4 is 34.6 Å². The lowest BCUT2D eigenvalue weighted by atomic mass is 10.2. The van der Waals surface area contributed by atoms with Gasteiger partial charge in [0.1, 0.15) is 11.5 Å². The third kappa shape index (κ3) is 4.12. The number of hydrogen-bond donors (Lipinski definition) is 4. The molecule has 0 saturated heterocycles. The Morgan fingerprint density at radius 2 is 1.53 bits per heavy atom. The highest BCUT2D eigenvalue weighted by atomic mass is 35.5. The van der Waals surface area contributed by atoms with Gasteiger partial charge in [-0.3, -0.25) is 0 Å². The molecule has 0 unspecified atom stereocenters. The highest BCUT2D eigenvalue weighted by molar-refractivity contribution is 6.37. The van der Waals surface area contributed by atoms with Crippen molar-refractivity contribution in [2.24, 2.45) is 0 Å². The van der Waals surface area contributed by atoms with Crippen molar-refractivity contribution in [1.29, 1.82) is 0 Å². The van der Waals surface area contributed by atoms with Gasteiger partial charge in [-0.2, -0.15) is 0 Å². The third-order valence-corrected chi connectivity index (χ3v) is 3.04. The van der Waals surface area contributed by atoms with E-state index in [1.54, 1.807) is 25.1 Å². The summed E-state index contributed by atoms with van der Waals surface area (Å²) >= 11 is 11.1. The van der Waals surface area contributed by atoms with Crippen LogP contribution in [-0.4, -0.2) is 10.2 Å². The second-order valence-corrected chi connectivity index (χ2v) is 4.63. The fraction of sp³-hybridized carbons (Fsp3) is 0.0769. The molecule has 0 spiro atoms. The molecule has 0 atom stereocenters. The van der Waals surface area contributed by atoms with Crippen LogP contribution in [0.25, 0.3) is 0 Å². The number of nitrogens with two attached hydrogens (primary N) is 2. The lowest BCUT2D eigenvalue weighted by Crippen LogP contribution is -1.87. The van der Waals surface area contributed by atoms with Crippen LogP contribution >= 0.6 is 23.2 Å². The van der Waals surface area contributed by atoms with Crippen LogP contribution < -0.4 is 11.5 Å². The van der Waals surface area contributed by atoms with E-state index in [9.17, 15) is 0 Å². The van der Waals surface area contributed by atoms with Crippen LogP contribution in [0.15, 0.2) is 30.3 Å². The van der Waals surface area contributed by atoms with Crippen molar-refractivity contribution in [1.82, 2.24) is 0 Å². The Balaban J connectivity index is 0.000000191. The SMILES string of the molecule is Cc1c(N)cccc1O.Nc1cc(O)c(Cl)cc1Cl. The van der Waals surface area contributed by atoms with Gasteiger partial charge in [0.2, 0.25) is 0 Å². The third-order valence-electron chi connectivity index (χ3n) is 2.41. The Kier molecular flexibility index (Phi) is 5.15. The van der Waals surface area contributed by atoms with Crippen LogP contribution in [0.2, 0.25) is 10.0 Å². The Morgan fingerprint density at radius 1 is 0.895 bits per heavy atom. The highest BCUT2D eigenvalue weighted by Crippen LogP contribution is 2.31. The summed E-state index contributed by atoms with van der Waals surface area (Å²) in [5.74, 6) is 0.207. The zero-order valence-electron chi connectivity index (χ0n) is 10.2. The molecule has 0 fully saturated rings.